The van der Waals surface area contributed by atoms with Crippen molar-refractivity contribution in [3.05, 3.63) is 121 Å². The minimum atomic E-state index is 0.613. The van der Waals surface area contributed by atoms with Crippen LogP contribution >= 0.6 is 0 Å². The molecule has 0 atom stereocenters. The Kier molecular flexibility index (Phi) is 3.98. The van der Waals surface area contributed by atoms with Gasteiger partial charge in [0, 0.05) is 21.5 Å². The second-order valence-electron chi connectivity index (χ2n) is 9.28. The van der Waals surface area contributed by atoms with Crippen molar-refractivity contribution >= 4 is 54.8 Å². The van der Waals surface area contributed by atoms with Crippen molar-refractivity contribution in [2.24, 2.45) is 0 Å². The molecule has 0 unspecified atom stereocenters. The predicted octanol–water partition coefficient (Wildman–Crippen LogP) is 8.50. The zero-order chi connectivity index (χ0) is 24.5. The van der Waals surface area contributed by atoms with Crippen LogP contribution in [0.1, 0.15) is 5.56 Å². The average Bonchev–Trinajstić information content (AvgIpc) is 3.60. The van der Waals surface area contributed by atoms with Gasteiger partial charge < -0.3 is 13.6 Å². The van der Waals surface area contributed by atoms with Crippen molar-refractivity contribution in [3.63, 3.8) is 0 Å². The molecule has 4 nitrogen and oxygen atoms in total. The number of para-hydroxylation sites is 4. The molecule has 37 heavy (non-hydrogen) atoms. The zero-order valence-corrected chi connectivity index (χ0v) is 19.7. The molecule has 0 bridgehead atoms. The molecule has 0 N–H and O–H groups in total. The van der Waals surface area contributed by atoms with Crippen LogP contribution < -0.4 is 0 Å². The van der Waals surface area contributed by atoms with Crippen LogP contribution in [0.2, 0.25) is 0 Å². The number of nitriles is 1. The fourth-order valence-corrected chi connectivity index (χ4v) is 5.87. The first-order valence-corrected chi connectivity index (χ1v) is 12.3. The Bertz CT molecular complexity index is 2160. The smallest absolute Gasteiger partial charge is 0.161 e. The van der Waals surface area contributed by atoms with E-state index in [2.05, 4.69) is 69.8 Å². The Morgan fingerprint density at radius 1 is 0.514 bits per heavy atom. The van der Waals surface area contributed by atoms with Crippen LogP contribution in [0.15, 0.2) is 120 Å². The Labute approximate surface area is 211 Å². The number of hydrogen-bond donors (Lipinski definition) is 0. The van der Waals surface area contributed by atoms with Crippen LogP contribution in [-0.4, -0.2) is 9.13 Å². The first-order chi connectivity index (χ1) is 18.3. The summed E-state index contributed by atoms with van der Waals surface area (Å²) < 4.78 is 10.7. The second kappa shape index (κ2) is 7.36. The summed E-state index contributed by atoms with van der Waals surface area (Å²) in [7, 11) is 0. The van der Waals surface area contributed by atoms with E-state index in [9.17, 15) is 5.26 Å². The fraction of sp³-hybridized carbons (Fsp3) is 0. The van der Waals surface area contributed by atoms with Crippen molar-refractivity contribution < 1.29 is 4.42 Å². The van der Waals surface area contributed by atoms with E-state index in [4.69, 9.17) is 4.42 Å². The summed E-state index contributed by atoms with van der Waals surface area (Å²) >= 11 is 0. The molecule has 172 valence electrons. The second-order valence-corrected chi connectivity index (χ2v) is 9.28. The third-order valence-electron chi connectivity index (χ3n) is 7.38. The van der Waals surface area contributed by atoms with Gasteiger partial charge in [-0.3, -0.25) is 0 Å². The van der Waals surface area contributed by atoms with Crippen molar-refractivity contribution in [3.8, 4) is 17.4 Å². The van der Waals surface area contributed by atoms with Crippen molar-refractivity contribution in [2.45, 2.75) is 0 Å². The predicted molar refractivity (Wildman–Crippen MR) is 150 cm³/mol. The minimum absolute atomic E-state index is 0.613. The molecular weight excluding hydrogens is 454 g/mol. The van der Waals surface area contributed by atoms with Gasteiger partial charge in [-0.15, -0.1) is 0 Å². The summed E-state index contributed by atoms with van der Waals surface area (Å²) in [6, 6.07) is 41.8. The molecule has 0 amide bonds. The lowest BCUT2D eigenvalue weighted by Crippen LogP contribution is -2.03. The molecule has 0 saturated heterocycles. The van der Waals surface area contributed by atoms with Crippen molar-refractivity contribution in [2.75, 3.05) is 0 Å². The number of furan rings is 1. The quantitative estimate of drug-likeness (QED) is 0.253. The number of benzene rings is 5. The summed E-state index contributed by atoms with van der Waals surface area (Å²) in [5, 5.41) is 15.0. The number of aromatic nitrogens is 2. The normalized spacial score (nSPS) is 11.8. The first-order valence-electron chi connectivity index (χ1n) is 12.3. The minimum Gasteiger partial charge on any atom is -0.454 e. The number of fused-ring (bicyclic) bond motifs is 8. The zero-order valence-electron chi connectivity index (χ0n) is 19.7. The third kappa shape index (κ3) is 2.60. The van der Waals surface area contributed by atoms with E-state index in [1.165, 1.54) is 10.8 Å². The number of rotatable bonds is 2. The standard InChI is InChI=1S/C33H19N3O/c34-20-25-29(35-26-14-5-1-10-21(26)22-11-2-6-15-27(22)35)17-9-18-30(25)36-28-16-7-3-12-23(28)33-32(36)24-13-4-8-19-31(24)37-33/h1-19H. The van der Waals surface area contributed by atoms with Gasteiger partial charge in [-0.1, -0.05) is 66.7 Å². The highest BCUT2D eigenvalue weighted by Crippen LogP contribution is 2.41. The van der Waals surface area contributed by atoms with Crippen LogP contribution in [0.3, 0.4) is 0 Å². The summed E-state index contributed by atoms with van der Waals surface area (Å²) in [4.78, 5) is 0. The van der Waals surface area contributed by atoms with E-state index >= 15 is 0 Å². The van der Waals surface area contributed by atoms with Gasteiger partial charge in [0.1, 0.15) is 22.7 Å². The summed E-state index contributed by atoms with van der Waals surface area (Å²) in [5.74, 6) is 0. The van der Waals surface area contributed by atoms with Gasteiger partial charge in [0.2, 0.25) is 0 Å². The van der Waals surface area contributed by atoms with Gasteiger partial charge >= 0.3 is 0 Å². The molecule has 5 aromatic carbocycles. The molecular formula is C33H19N3O. The third-order valence-corrected chi connectivity index (χ3v) is 7.38. The van der Waals surface area contributed by atoms with Gasteiger partial charge in [0.15, 0.2) is 5.58 Å². The van der Waals surface area contributed by atoms with E-state index in [0.717, 1.165) is 55.4 Å². The Hall–Kier alpha value is -5.27. The summed E-state index contributed by atoms with van der Waals surface area (Å²) in [5.41, 5.74) is 8.12. The average molecular weight is 474 g/mol. The van der Waals surface area contributed by atoms with Crippen molar-refractivity contribution in [1.82, 2.24) is 9.13 Å². The topological polar surface area (TPSA) is 46.8 Å². The molecule has 0 aliphatic carbocycles. The lowest BCUT2D eigenvalue weighted by Gasteiger charge is -2.15. The van der Waals surface area contributed by atoms with Crippen molar-refractivity contribution in [1.29, 1.82) is 5.26 Å². The maximum absolute atomic E-state index is 10.6. The maximum Gasteiger partial charge on any atom is 0.161 e. The molecule has 0 radical (unpaired) electrons. The van der Waals surface area contributed by atoms with Gasteiger partial charge in [0.25, 0.3) is 0 Å². The van der Waals surface area contributed by atoms with E-state index in [1.54, 1.807) is 0 Å². The van der Waals surface area contributed by atoms with Gasteiger partial charge in [-0.2, -0.15) is 5.26 Å². The molecule has 8 rings (SSSR count). The van der Waals surface area contributed by atoms with Crippen LogP contribution in [0.5, 0.6) is 0 Å². The monoisotopic (exact) mass is 473 g/mol. The molecule has 3 heterocycles. The highest BCUT2D eigenvalue weighted by molar-refractivity contribution is 6.16. The molecule has 0 fully saturated rings. The SMILES string of the molecule is N#Cc1c(-n2c3ccccc3c3ccccc32)cccc1-n1c2ccccc2c2oc3ccccc3c21. The molecule has 8 aromatic rings. The van der Waals surface area contributed by atoms with Gasteiger partial charge in [-0.25, -0.2) is 0 Å². The van der Waals surface area contributed by atoms with E-state index in [-0.39, 0.29) is 0 Å². The summed E-state index contributed by atoms with van der Waals surface area (Å²) in [6.07, 6.45) is 0. The highest BCUT2D eigenvalue weighted by atomic mass is 16.3. The maximum atomic E-state index is 10.6. The van der Waals surface area contributed by atoms with Crippen LogP contribution in [0, 0.1) is 11.3 Å². The molecule has 0 aliphatic heterocycles. The molecule has 0 saturated carbocycles. The molecule has 0 spiro atoms. The Balaban J connectivity index is 1.54. The lowest BCUT2D eigenvalue weighted by atomic mass is 10.1. The van der Waals surface area contributed by atoms with E-state index in [1.807, 2.05) is 60.7 Å². The Morgan fingerprint density at radius 2 is 1.03 bits per heavy atom. The first kappa shape index (κ1) is 20.0. The lowest BCUT2D eigenvalue weighted by molar-refractivity contribution is 0.673. The van der Waals surface area contributed by atoms with Crippen LogP contribution in [0.4, 0.5) is 0 Å². The number of nitrogens with zero attached hydrogens (tertiary/aromatic N) is 3. The van der Waals surface area contributed by atoms with Crippen LogP contribution in [0.25, 0.3) is 66.2 Å². The van der Waals surface area contributed by atoms with E-state index in [0.29, 0.717) is 5.56 Å². The highest BCUT2D eigenvalue weighted by Gasteiger charge is 2.23. The van der Waals surface area contributed by atoms with E-state index < -0.39 is 0 Å². The van der Waals surface area contributed by atoms with Crippen LogP contribution in [-0.2, 0) is 0 Å². The number of hydrogen-bond acceptors (Lipinski definition) is 2. The van der Waals surface area contributed by atoms with Gasteiger partial charge in [0.05, 0.1) is 27.9 Å². The summed E-state index contributed by atoms with van der Waals surface area (Å²) in [6.45, 7) is 0. The van der Waals surface area contributed by atoms with Gasteiger partial charge in [-0.05, 0) is 48.5 Å². The largest absolute Gasteiger partial charge is 0.454 e. The molecule has 0 aliphatic rings. The fourth-order valence-electron chi connectivity index (χ4n) is 5.87. The Morgan fingerprint density at radius 3 is 1.68 bits per heavy atom. The molecule has 4 heteroatoms. The molecule has 3 aromatic heterocycles.